The van der Waals surface area contributed by atoms with Crippen molar-refractivity contribution in [2.24, 2.45) is 23.0 Å². The van der Waals surface area contributed by atoms with Crippen LogP contribution in [0.5, 0.6) is 5.75 Å². The van der Waals surface area contributed by atoms with Crippen molar-refractivity contribution in [3.63, 3.8) is 0 Å². The molecule has 2 aromatic heterocycles. The molecule has 4 heterocycles. The van der Waals surface area contributed by atoms with E-state index in [1.807, 2.05) is 58.9 Å². The number of aromatic nitrogens is 2. The second-order valence-electron chi connectivity index (χ2n) is 18.7. The summed E-state index contributed by atoms with van der Waals surface area (Å²) in [5.41, 5.74) is 12.7. The maximum absolute atomic E-state index is 14.6. The van der Waals surface area contributed by atoms with E-state index in [2.05, 4.69) is 34.4 Å². The van der Waals surface area contributed by atoms with Crippen LogP contribution in [0.15, 0.2) is 54.7 Å². The van der Waals surface area contributed by atoms with E-state index in [4.69, 9.17) is 20.2 Å². The number of carbonyl (C=O) groups is 4. The molecule has 2 fully saturated rings. The zero-order chi connectivity index (χ0) is 45.5. The molecule has 3 aliphatic rings. The van der Waals surface area contributed by atoms with Crippen LogP contribution in [-0.4, -0.2) is 105 Å². The highest BCUT2D eigenvalue weighted by Gasteiger charge is 2.46. The number of benzene rings is 2. The number of aryl methyl sites for hydroxylation is 1. The van der Waals surface area contributed by atoms with Gasteiger partial charge in [0.15, 0.2) is 0 Å². The van der Waals surface area contributed by atoms with Gasteiger partial charge in [-0.05, 0) is 104 Å². The highest BCUT2D eigenvalue weighted by atomic mass is 16.6. The van der Waals surface area contributed by atoms with Crippen molar-refractivity contribution in [1.29, 1.82) is 0 Å². The smallest absolute Gasteiger partial charge is 0.355 e. The molecule has 2 aromatic carbocycles. The van der Waals surface area contributed by atoms with Gasteiger partial charge in [0.05, 0.1) is 30.0 Å². The number of nitrogens with zero attached hydrogens (tertiary/aromatic N) is 4. The van der Waals surface area contributed by atoms with Crippen LogP contribution >= 0.6 is 0 Å². The summed E-state index contributed by atoms with van der Waals surface area (Å²) in [7, 11) is 3.24. The number of carbonyl (C=O) groups excluding carboxylic acids is 4. The third-order valence-electron chi connectivity index (χ3n) is 13.1. The second kappa shape index (κ2) is 18.0. The highest BCUT2D eigenvalue weighted by molar-refractivity contribution is 5.96. The van der Waals surface area contributed by atoms with Gasteiger partial charge in [-0.3, -0.25) is 24.4 Å². The number of cyclic esters (lactones) is 1. The van der Waals surface area contributed by atoms with Crippen molar-refractivity contribution < 1.29 is 38.9 Å². The molecule has 2 aliphatic heterocycles. The van der Waals surface area contributed by atoms with Crippen molar-refractivity contribution in [1.82, 2.24) is 30.2 Å². The van der Waals surface area contributed by atoms with E-state index in [9.17, 15) is 29.4 Å². The predicted molar refractivity (Wildman–Crippen MR) is 239 cm³/mol. The molecule has 6 atom stereocenters. The van der Waals surface area contributed by atoms with Crippen LogP contribution in [0.1, 0.15) is 90.2 Å². The minimum absolute atomic E-state index is 0.0208. The fourth-order valence-corrected chi connectivity index (χ4v) is 9.52. The Balaban J connectivity index is 1.36. The van der Waals surface area contributed by atoms with Gasteiger partial charge in [-0.1, -0.05) is 39.8 Å². The molecule has 4 aromatic rings. The Hall–Kier alpha value is -5.35. The van der Waals surface area contributed by atoms with Crippen molar-refractivity contribution in [3.05, 3.63) is 71.5 Å². The minimum atomic E-state index is -2.24. The molecular formula is C48H63N7O8. The van der Waals surface area contributed by atoms with Crippen molar-refractivity contribution in [3.8, 4) is 28.1 Å². The van der Waals surface area contributed by atoms with Crippen LogP contribution in [0, 0.1) is 17.3 Å². The van der Waals surface area contributed by atoms with E-state index in [0.29, 0.717) is 30.5 Å². The molecule has 15 heteroatoms. The van der Waals surface area contributed by atoms with Gasteiger partial charge in [-0.15, -0.1) is 0 Å². The first kappa shape index (κ1) is 45.7. The third kappa shape index (κ3) is 9.06. The summed E-state index contributed by atoms with van der Waals surface area (Å²) in [4.78, 5) is 62.6. The fraction of sp³-hybridized carbons (Fsp3) is 0.521. The van der Waals surface area contributed by atoms with Crippen molar-refractivity contribution in [2.75, 3.05) is 27.3 Å². The van der Waals surface area contributed by atoms with E-state index in [-0.39, 0.29) is 68.1 Å². The van der Waals surface area contributed by atoms with Crippen LogP contribution in [0.25, 0.3) is 33.3 Å². The average Bonchev–Trinajstić information content (AvgIpc) is 3.54. The number of pyridine rings is 1. The Morgan fingerprint density at radius 3 is 2.54 bits per heavy atom. The van der Waals surface area contributed by atoms with Gasteiger partial charge in [0, 0.05) is 74.2 Å². The number of ether oxygens (including phenoxy) is 2. The molecule has 0 radical (unpaired) electrons. The molecular weight excluding hydrogens is 803 g/mol. The largest absolute Gasteiger partial charge is 0.508 e. The van der Waals surface area contributed by atoms with Gasteiger partial charge in [-0.2, -0.15) is 5.43 Å². The van der Waals surface area contributed by atoms with Crippen LogP contribution in [0.3, 0.4) is 0 Å². The van der Waals surface area contributed by atoms with Gasteiger partial charge >= 0.3 is 5.97 Å². The highest BCUT2D eigenvalue weighted by Crippen LogP contribution is 2.42. The Kier molecular flexibility index (Phi) is 13.1. The lowest BCUT2D eigenvalue weighted by Crippen LogP contribution is -2.67. The minimum Gasteiger partial charge on any atom is -0.508 e. The summed E-state index contributed by atoms with van der Waals surface area (Å²) < 4.78 is 14.0. The number of amides is 3. The number of fused-ring (bicyclic) bond motifs is 6. The molecule has 15 nitrogen and oxygen atoms in total. The number of esters is 1. The normalized spacial score (nSPS) is 23.7. The van der Waals surface area contributed by atoms with Crippen LogP contribution in [-0.2, 0) is 48.0 Å². The summed E-state index contributed by atoms with van der Waals surface area (Å²) >= 11 is 0. The molecule has 338 valence electrons. The number of rotatable bonds is 9. The first-order valence-corrected chi connectivity index (χ1v) is 22.1. The predicted octanol–water partition coefficient (Wildman–Crippen LogP) is 4.99. The molecule has 1 aliphatic carbocycles. The van der Waals surface area contributed by atoms with E-state index >= 15 is 0 Å². The third-order valence-corrected chi connectivity index (χ3v) is 13.1. The Labute approximate surface area is 369 Å². The second-order valence-corrected chi connectivity index (χ2v) is 18.7. The first-order chi connectivity index (χ1) is 29.9. The van der Waals surface area contributed by atoms with Gasteiger partial charge in [0.2, 0.25) is 17.5 Å². The number of phenols is 1. The number of nitrogens with two attached hydrogens (primary N) is 1. The van der Waals surface area contributed by atoms with E-state index in [1.165, 1.54) is 4.90 Å². The molecule has 3 amide bonds. The summed E-state index contributed by atoms with van der Waals surface area (Å²) in [5, 5.41) is 28.2. The standard InChI is InChI=1S/C48H63N7O8/c1-9-54-39-16-13-30-24-35(39)36(42(54)34-12-10-18-50-40(34)28(4)62-8)25-47(5,6)26-63-46(60)48(61)17-11-19-55(52-48)45(59)38(22-29-20-31(30)23-32(56)21-29)51-43(57)41(27(2)3)53(7)44(58)33-14-15-37(33)49/h10,12-13,16,18,20-21,23-24,27-28,33,37-38,41,52,56,61H,9,11,14-15,17,19,22,25-26,49H2,1-8H3,(H,51,57)/t28-,33+,37-,38-,41-,48-/m0/s1. The van der Waals surface area contributed by atoms with Crippen molar-refractivity contribution >= 4 is 34.6 Å². The van der Waals surface area contributed by atoms with Gasteiger partial charge < -0.3 is 40.2 Å². The average molecular weight is 866 g/mol. The van der Waals surface area contributed by atoms with E-state index < -0.39 is 41.0 Å². The van der Waals surface area contributed by atoms with Gasteiger partial charge in [-0.25, -0.2) is 4.79 Å². The van der Waals surface area contributed by atoms with Crippen molar-refractivity contribution in [2.45, 2.75) is 117 Å². The lowest BCUT2D eigenvalue weighted by atomic mass is 9.79. The molecule has 6 bridgehead atoms. The molecule has 63 heavy (non-hydrogen) atoms. The number of hydrogen-bond donors (Lipinski definition) is 5. The number of aromatic hydroxyl groups is 1. The Bertz CT molecular complexity index is 2390. The van der Waals surface area contributed by atoms with E-state index in [1.54, 1.807) is 32.5 Å². The fourth-order valence-electron chi connectivity index (χ4n) is 9.52. The Morgan fingerprint density at radius 2 is 1.87 bits per heavy atom. The molecule has 0 unspecified atom stereocenters. The van der Waals surface area contributed by atoms with Gasteiger partial charge in [0.1, 0.15) is 17.8 Å². The maximum Gasteiger partial charge on any atom is 0.355 e. The first-order valence-electron chi connectivity index (χ1n) is 22.1. The molecule has 1 saturated heterocycles. The molecule has 0 spiro atoms. The summed E-state index contributed by atoms with van der Waals surface area (Å²) in [5.74, 6) is -3.07. The summed E-state index contributed by atoms with van der Waals surface area (Å²) in [6.45, 7) is 12.4. The lowest BCUT2D eigenvalue weighted by Gasteiger charge is -2.41. The number of nitrogens with one attached hydrogen (secondary N) is 2. The quantitative estimate of drug-likeness (QED) is 0.142. The lowest BCUT2D eigenvalue weighted by molar-refractivity contribution is -0.189. The van der Waals surface area contributed by atoms with Crippen LogP contribution in [0.4, 0.5) is 0 Å². The number of aliphatic hydroxyl groups is 1. The number of methoxy groups -OCH3 is 1. The van der Waals surface area contributed by atoms with Crippen LogP contribution < -0.4 is 16.5 Å². The maximum atomic E-state index is 14.6. The monoisotopic (exact) mass is 865 g/mol. The molecule has 7 rings (SSSR count). The van der Waals surface area contributed by atoms with E-state index in [0.717, 1.165) is 50.4 Å². The number of likely N-dealkylation sites (N-methyl/N-ethyl adjacent to an activating group) is 1. The summed E-state index contributed by atoms with van der Waals surface area (Å²) in [6.07, 6.45) is 3.45. The van der Waals surface area contributed by atoms with Gasteiger partial charge in [0.25, 0.3) is 5.91 Å². The molecule has 1 saturated carbocycles. The number of hydrazine groups is 1. The zero-order valence-corrected chi connectivity index (χ0v) is 37.7. The number of hydrogen-bond acceptors (Lipinski definition) is 11. The Morgan fingerprint density at radius 1 is 1.11 bits per heavy atom. The topological polar surface area (TPSA) is 202 Å². The zero-order valence-electron chi connectivity index (χ0n) is 37.7. The SMILES string of the molecule is CCn1c(-c2cccnc2[C@H](C)OC)c2c3cc(ccc31)-c1cc(O)cc(c1)C[C@H](NC(=O)[C@H](C(C)C)N(C)C(=O)[C@@H]1CC[C@@H]1N)C(=O)N1CCC[C@@](O)(N1)C(=O)OCC(C)(C)C2. The van der Waals surface area contributed by atoms with Crippen LogP contribution in [0.2, 0.25) is 0 Å². The number of phenolic OH excluding ortho intramolecular Hbond substituents is 1. The molecule has 6 N–H and O–H groups in total. The summed E-state index contributed by atoms with van der Waals surface area (Å²) in [6, 6.07) is 12.8.